The lowest BCUT2D eigenvalue weighted by Gasteiger charge is -2.40. The summed E-state index contributed by atoms with van der Waals surface area (Å²) >= 11 is 0. The number of aliphatic hydroxyl groups excluding tert-OH is 5. The van der Waals surface area contributed by atoms with E-state index >= 15 is 0 Å². The molecular weight excluding hydrogens is 1050 g/mol. The van der Waals surface area contributed by atoms with Gasteiger partial charge in [0.15, 0.2) is 6.29 Å². The van der Waals surface area contributed by atoms with Crippen molar-refractivity contribution >= 4 is 11.9 Å². The molecule has 0 aliphatic carbocycles. The van der Waals surface area contributed by atoms with Crippen molar-refractivity contribution in [2.75, 3.05) is 19.8 Å². The van der Waals surface area contributed by atoms with Crippen LogP contribution in [-0.4, -0.2) is 100 Å². The maximum Gasteiger partial charge on any atom is 0.305 e. The van der Waals surface area contributed by atoms with Crippen molar-refractivity contribution in [1.29, 1.82) is 0 Å². The molecule has 0 spiro atoms. The highest BCUT2D eigenvalue weighted by molar-refractivity contribution is 5.76. The molecule has 1 aliphatic heterocycles. The summed E-state index contributed by atoms with van der Waals surface area (Å²) in [6.07, 6.45) is 71.3. The Balaban J connectivity index is 1.92. The van der Waals surface area contributed by atoms with E-state index in [9.17, 15) is 35.1 Å². The van der Waals surface area contributed by atoms with Gasteiger partial charge in [-0.15, -0.1) is 0 Å². The lowest BCUT2D eigenvalue weighted by atomic mass is 9.99. The maximum absolute atomic E-state index is 13.0. The zero-order chi connectivity index (χ0) is 60.9. The van der Waals surface area contributed by atoms with Gasteiger partial charge in [0, 0.05) is 12.8 Å². The molecule has 7 atom stereocenters. The fraction of sp³-hybridized carbons (Fsp3) is 0.863. The number of carbonyl (C=O) groups excluding carboxylic acids is 2. The van der Waals surface area contributed by atoms with Crippen LogP contribution >= 0.6 is 0 Å². The summed E-state index contributed by atoms with van der Waals surface area (Å²) in [5, 5.41) is 54.2. The van der Waals surface area contributed by atoms with Crippen LogP contribution in [0, 0.1) is 0 Å². The standard InChI is InChI=1S/C73H135NO10/c1-3-5-7-9-11-13-14-15-16-17-32-35-38-41-45-49-53-57-61-69(78)82-62-58-54-50-46-42-39-36-33-30-28-26-24-22-20-18-19-21-23-25-27-29-31-34-37-40-44-48-52-56-60-68(77)74-65(66(76)59-55-51-47-43-12-10-8-6-4-2)64-83-73-72(81)71(80)70(79)67(63-75)84-73/h12,18,20,24,26,43,55,59,65-67,70-73,75-76,79-81H,3-11,13-17,19,21-23,25,27-42,44-54,56-58,60-64H2,1-2H3,(H,74,77)/b20-18-,26-24-,43-12+,59-55+. The Kier molecular flexibility index (Phi) is 59.0. The van der Waals surface area contributed by atoms with Gasteiger partial charge in [-0.2, -0.15) is 0 Å². The summed E-state index contributed by atoms with van der Waals surface area (Å²) in [6.45, 7) is 4.30. The minimum Gasteiger partial charge on any atom is -0.466 e. The topological polar surface area (TPSA) is 175 Å². The van der Waals surface area contributed by atoms with E-state index in [2.05, 4.69) is 55.6 Å². The molecule has 0 aromatic carbocycles. The molecule has 1 aliphatic rings. The molecule has 0 bridgehead atoms. The second-order valence-electron chi connectivity index (χ2n) is 24.9. The number of allylic oxidation sites excluding steroid dienone is 7. The normalized spacial score (nSPS) is 18.3. The monoisotopic (exact) mass is 1190 g/mol. The highest BCUT2D eigenvalue weighted by Crippen LogP contribution is 2.23. The molecule has 0 aromatic rings. The third-order valence-corrected chi connectivity index (χ3v) is 16.9. The molecule has 1 fully saturated rings. The Bertz CT molecular complexity index is 1530. The Hall–Kier alpha value is -2.38. The van der Waals surface area contributed by atoms with E-state index in [1.807, 2.05) is 6.08 Å². The summed E-state index contributed by atoms with van der Waals surface area (Å²) in [4.78, 5) is 25.1. The number of hydrogen-bond acceptors (Lipinski definition) is 10. The predicted octanol–water partition coefficient (Wildman–Crippen LogP) is 18.4. The van der Waals surface area contributed by atoms with Crippen LogP contribution < -0.4 is 5.32 Å². The first-order chi connectivity index (χ1) is 41.2. The van der Waals surface area contributed by atoms with Crippen molar-refractivity contribution in [2.45, 2.75) is 384 Å². The zero-order valence-corrected chi connectivity index (χ0v) is 54.6. The Morgan fingerprint density at radius 2 is 0.810 bits per heavy atom. The maximum atomic E-state index is 13.0. The first kappa shape index (κ1) is 79.6. The fourth-order valence-electron chi connectivity index (χ4n) is 11.2. The van der Waals surface area contributed by atoms with Gasteiger partial charge < -0.3 is 45.1 Å². The number of esters is 1. The number of carbonyl (C=O) groups is 2. The van der Waals surface area contributed by atoms with Crippen molar-refractivity contribution in [3.8, 4) is 0 Å². The third-order valence-electron chi connectivity index (χ3n) is 16.9. The predicted molar refractivity (Wildman–Crippen MR) is 352 cm³/mol. The number of ether oxygens (including phenoxy) is 3. The van der Waals surface area contributed by atoms with E-state index in [-0.39, 0.29) is 18.5 Å². The highest BCUT2D eigenvalue weighted by Gasteiger charge is 2.44. The smallest absolute Gasteiger partial charge is 0.305 e. The van der Waals surface area contributed by atoms with Gasteiger partial charge in [0.2, 0.25) is 5.91 Å². The van der Waals surface area contributed by atoms with Gasteiger partial charge in [0.25, 0.3) is 0 Å². The van der Waals surface area contributed by atoms with E-state index in [0.29, 0.717) is 19.4 Å². The van der Waals surface area contributed by atoms with Crippen LogP contribution in [0.25, 0.3) is 0 Å². The summed E-state index contributed by atoms with van der Waals surface area (Å²) in [5.41, 5.74) is 0. The van der Waals surface area contributed by atoms with Crippen LogP contribution in [-0.2, 0) is 23.8 Å². The zero-order valence-electron chi connectivity index (χ0n) is 54.6. The molecule has 0 saturated carbocycles. The number of nitrogens with one attached hydrogen (secondary N) is 1. The average Bonchev–Trinajstić information content (AvgIpc) is 3.59. The number of amides is 1. The van der Waals surface area contributed by atoms with Gasteiger partial charge in [-0.25, -0.2) is 0 Å². The number of unbranched alkanes of at least 4 members (excludes halogenated alkanes) is 43. The average molecular weight is 1190 g/mol. The SMILES string of the molecule is CCCCC/C=C/CC/C=C/C(O)C(COC1OC(CO)C(O)C(O)C1O)NC(=O)CCCCCCCCCCCCCCC/C=C\C/C=C\CCCCCCCCCCCOC(=O)CCCCCCCCCCCCCCCCCCCC. The second-order valence-corrected chi connectivity index (χ2v) is 24.9. The van der Waals surface area contributed by atoms with Crippen molar-refractivity contribution in [3.63, 3.8) is 0 Å². The highest BCUT2D eigenvalue weighted by atomic mass is 16.7. The van der Waals surface area contributed by atoms with Crippen LogP contribution in [0.4, 0.5) is 0 Å². The van der Waals surface area contributed by atoms with Crippen molar-refractivity contribution in [1.82, 2.24) is 5.32 Å². The molecule has 1 saturated heterocycles. The minimum absolute atomic E-state index is 0.00753. The van der Waals surface area contributed by atoms with Crippen LogP contribution in [0.2, 0.25) is 0 Å². The molecule has 0 radical (unpaired) electrons. The molecule has 1 amide bonds. The minimum atomic E-state index is -1.58. The molecule has 11 nitrogen and oxygen atoms in total. The van der Waals surface area contributed by atoms with Gasteiger partial charge in [0.1, 0.15) is 24.4 Å². The third kappa shape index (κ3) is 50.6. The van der Waals surface area contributed by atoms with E-state index in [1.165, 1.54) is 250 Å². The summed E-state index contributed by atoms with van der Waals surface area (Å²) in [7, 11) is 0. The fourth-order valence-corrected chi connectivity index (χ4v) is 11.2. The van der Waals surface area contributed by atoms with Gasteiger partial charge in [-0.05, 0) is 77.0 Å². The molecule has 7 unspecified atom stereocenters. The van der Waals surface area contributed by atoms with Gasteiger partial charge in [-0.1, -0.05) is 300 Å². The Labute approximate surface area is 516 Å². The lowest BCUT2D eigenvalue weighted by Crippen LogP contribution is -2.60. The molecule has 492 valence electrons. The van der Waals surface area contributed by atoms with Gasteiger partial charge in [0.05, 0.1) is 32.0 Å². The number of rotatable bonds is 63. The van der Waals surface area contributed by atoms with E-state index in [4.69, 9.17) is 14.2 Å². The first-order valence-electron chi connectivity index (χ1n) is 35.9. The van der Waals surface area contributed by atoms with E-state index in [1.54, 1.807) is 6.08 Å². The summed E-state index contributed by atoms with van der Waals surface area (Å²) in [5.74, 6) is -0.187. The van der Waals surface area contributed by atoms with Gasteiger partial charge >= 0.3 is 5.97 Å². The molecule has 84 heavy (non-hydrogen) atoms. The van der Waals surface area contributed by atoms with Crippen LogP contribution in [0.3, 0.4) is 0 Å². The molecule has 1 rings (SSSR count). The summed E-state index contributed by atoms with van der Waals surface area (Å²) in [6, 6.07) is -0.828. The van der Waals surface area contributed by atoms with Crippen LogP contribution in [0.5, 0.6) is 0 Å². The molecule has 1 heterocycles. The number of hydrogen-bond donors (Lipinski definition) is 6. The van der Waals surface area contributed by atoms with E-state index < -0.39 is 49.5 Å². The number of aliphatic hydroxyl groups is 5. The van der Waals surface area contributed by atoms with E-state index in [0.717, 1.165) is 64.2 Å². The second kappa shape index (κ2) is 62.2. The van der Waals surface area contributed by atoms with Gasteiger partial charge in [-0.3, -0.25) is 9.59 Å². The van der Waals surface area contributed by atoms with Crippen molar-refractivity contribution < 1.29 is 49.3 Å². The van der Waals surface area contributed by atoms with Crippen LogP contribution in [0.15, 0.2) is 48.6 Å². The quantitative estimate of drug-likeness (QED) is 0.0195. The Morgan fingerprint density at radius 3 is 1.27 bits per heavy atom. The van der Waals surface area contributed by atoms with Crippen molar-refractivity contribution in [3.05, 3.63) is 48.6 Å². The van der Waals surface area contributed by atoms with Crippen molar-refractivity contribution in [2.24, 2.45) is 0 Å². The molecule has 0 aromatic heterocycles. The molecular formula is C73H135NO10. The van der Waals surface area contributed by atoms with Crippen LogP contribution in [0.1, 0.15) is 341 Å². The molecule has 6 N–H and O–H groups in total. The largest absolute Gasteiger partial charge is 0.466 e. The first-order valence-corrected chi connectivity index (χ1v) is 35.9. The molecule has 11 heteroatoms. The summed E-state index contributed by atoms with van der Waals surface area (Å²) < 4.78 is 16.7. The lowest BCUT2D eigenvalue weighted by molar-refractivity contribution is -0.302. The Morgan fingerprint density at radius 1 is 0.440 bits per heavy atom.